The van der Waals surface area contributed by atoms with Crippen molar-refractivity contribution in [3.05, 3.63) is 10.6 Å². The van der Waals surface area contributed by atoms with E-state index in [1.807, 2.05) is 4.58 Å². The van der Waals surface area contributed by atoms with Crippen LogP contribution in [0.15, 0.2) is 4.42 Å². The molecule has 0 amide bonds. The highest BCUT2D eigenvalue weighted by atomic mass is 35.6. The summed E-state index contributed by atoms with van der Waals surface area (Å²) in [6.45, 7) is 1.62. The fraction of sp³-hybridized carbons (Fsp3) is 0.556. The molecule has 2 heterocycles. The number of hydrogen-bond acceptors (Lipinski definition) is 4. The molecule has 1 fully saturated rings. The van der Waals surface area contributed by atoms with Crippen molar-refractivity contribution in [1.29, 1.82) is 0 Å². The molecule has 94 valence electrons. The zero-order valence-electron chi connectivity index (χ0n) is 8.54. The third-order valence-corrected chi connectivity index (χ3v) is 3.78. The van der Waals surface area contributed by atoms with Crippen LogP contribution in [0.25, 0.3) is 0 Å². The van der Waals surface area contributed by atoms with Crippen LogP contribution < -0.4 is 14.5 Å². The molecule has 0 saturated carbocycles. The number of nitrogens with zero attached hydrogens (tertiary/aromatic N) is 1. The van der Waals surface area contributed by atoms with Gasteiger partial charge in [-0.1, -0.05) is 34.8 Å². The molecule has 0 N–H and O–H groups in total. The van der Waals surface area contributed by atoms with E-state index in [0.29, 0.717) is 4.87 Å². The minimum Gasteiger partial charge on any atom is -0.862 e. The van der Waals surface area contributed by atoms with E-state index in [1.165, 1.54) is 0 Å². The molecular formula is C9H8Cl3NO3S. The third-order valence-electron chi connectivity index (χ3n) is 2.38. The summed E-state index contributed by atoms with van der Waals surface area (Å²) in [6.07, 6.45) is 2.07. The van der Waals surface area contributed by atoms with Gasteiger partial charge in [0.2, 0.25) is 5.78 Å². The maximum absolute atomic E-state index is 11.6. The second-order valence-corrected chi connectivity index (χ2v) is 6.81. The van der Waals surface area contributed by atoms with Crippen molar-refractivity contribution in [3.63, 3.8) is 0 Å². The first kappa shape index (κ1) is 13.2. The standard InChI is InChI=1S/C9H8Cl3NO3S/c10-9(11,12)6(14)5-7(15)17-8(16-5)13-3-1-2-4-13/h1-4H2. The van der Waals surface area contributed by atoms with Gasteiger partial charge in [0, 0.05) is 17.9 Å². The van der Waals surface area contributed by atoms with Crippen LogP contribution >= 0.6 is 46.1 Å². The van der Waals surface area contributed by atoms with Crippen LogP contribution in [0, 0.1) is 0 Å². The molecule has 1 aliphatic rings. The van der Waals surface area contributed by atoms with Crippen LogP contribution in [0.5, 0.6) is 5.06 Å². The van der Waals surface area contributed by atoms with E-state index in [0.717, 1.165) is 37.3 Å². The number of rotatable bonds is 1. The molecule has 0 unspecified atom stereocenters. The molecule has 2 rings (SSSR count). The zero-order valence-corrected chi connectivity index (χ0v) is 11.6. The number of halogens is 3. The second-order valence-electron chi connectivity index (χ2n) is 3.61. The Kier molecular flexibility index (Phi) is 3.73. The largest absolute Gasteiger partial charge is 0.862 e. The highest BCUT2D eigenvalue weighted by molar-refractivity contribution is 7.11. The summed E-state index contributed by atoms with van der Waals surface area (Å²) in [5.41, 5.74) is 0. The third kappa shape index (κ3) is 2.78. The maximum atomic E-state index is 11.6. The summed E-state index contributed by atoms with van der Waals surface area (Å²) in [5, 5.41) is 11.1. The summed E-state index contributed by atoms with van der Waals surface area (Å²) in [5.74, 6) is -1.33. The molecule has 1 aliphatic heterocycles. The van der Waals surface area contributed by atoms with Crippen molar-refractivity contribution in [2.24, 2.45) is 0 Å². The van der Waals surface area contributed by atoms with Gasteiger partial charge in [0.25, 0.3) is 3.79 Å². The molecule has 8 heteroatoms. The summed E-state index contributed by atoms with van der Waals surface area (Å²) < 4.78 is 4.96. The van der Waals surface area contributed by atoms with Gasteiger partial charge in [-0.05, 0) is 11.3 Å². The van der Waals surface area contributed by atoms with Gasteiger partial charge < -0.3 is 9.52 Å². The predicted octanol–water partition coefficient (Wildman–Crippen LogP) is 1.53. The van der Waals surface area contributed by atoms with E-state index < -0.39 is 20.4 Å². The van der Waals surface area contributed by atoms with Gasteiger partial charge in [-0.15, -0.1) is 0 Å². The number of carbonyl (C=O) groups excluding carboxylic acids is 1. The van der Waals surface area contributed by atoms with Crippen molar-refractivity contribution in [3.8, 4) is 5.06 Å². The molecule has 0 bridgehead atoms. The van der Waals surface area contributed by atoms with Crippen LogP contribution in [-0.2, 0) is 0 Å². The highest BCUT2D eigenvalue weighted by Gasteiger charge is 2.35. The number of Topliss-reactive ketones (excluding diaryl/α,β-unsaturated/α-hetero) is 1. The number of hydrogen-bond donors (Lipinski definition) is 0. The highest BCUT2D eigenvalue weighted by Crippen LogP contribution is 2.33. The first-order valence-electron chi connectivity index (χ1n) is 4.90. The van der Waals surface area contributed by atoms with Crippen molar-refractivity contribution >= 4 is 51.9 Å². The molecule has 1 aromatic heterocycles. The summed E-state index contributed by atoms with van der Waals surface area (Å²) >= 11 is 17.2. The first-order chi connectivity index (χ1) is 7.89. The van der Waals surface area contributed by atoms with Crippen molar-refractivity contribution in [2.45, 2.75) is 16.6 Å². The molecule has 0 spiro atoms. The fourth-order valence-electron chi connectivity index (χ4n) is 1.57. The molecule has 0 radical (unpaired) electrons. The number of carbonyl (C=O) groups is 1. The Hall–Kier alpha value is -0.230. The molecule has 0 aromatic carbocycles. The summed E-state index contributed by atoms with van der Waals surface area (Å²) in [4.78, 5) is 12.0. The Morgan fingerprint density at radius 2 is 1.94 bits per heavy atom. The van der Waals surface area contributed by atoms with E-state index in [-0.39, 0.29) is 0 Å². The molecule has 0 aliphatic carbocycles. The van der Waals surface area contributed by atoms with Crippen LogP contribution in [0.2, 0.25) is 0 Å². The van der Waals surface area contributed by atoms with E-state index >= 15 is 0 Å². The molecule has 0 atom stereocenters. The Labute approximate surface area is 116 Å². The molecule has 17 heavy (non-hydrogen) atoms. The van der Waals surface area contributed by atoms with Gasteiger partial charge >= 0.3 is 4.87 Å². The lowest BCUT2D eigenvalue weighted by molar-refractivity contribution is -0.263. The number of ketones is 1. The van der Waals surface area contributed by atoms with Gasteiger partial charge in [-0.2, -0.15) is 4.58 Å². The lowest BCUT2D eigenvalue weighted by Crippen LogP contribution is -2.24. The normalized spacial score (nSPS) is 16.5. The lowest BCUT2D eigenvalue weighted by Gasteiger charge is -2.08. The maximum Gasteiger partial charge on any atom is 0.429 e. The SMILES string of the molecule is O=C(c1oc(=[N+]2CCCC2)sc1[O-])C(Cl)(Cl)Cl. The Bertz CT molecular complexity index is 506. The zero-order chi connectivity index (χ0) is 12.6. The average Bonchev–Trinajstić information content (AvgIpc) is 2.83. The first-order valence-corrected chi connectivity index (χ1v) is 6.85. The van der Waals surface area contributed by atoms with E-state index in [1.54, 1.807) is 0 Å². The van der Waals surface area contributed by atoms with Gasteiger partial charge in [-0.3, -0.25) is 4.79 Å². The van der Waals surface area contributed by atoms with Crippen molar-refractivity contribution in [2.75, 3.05) is 13.1 Å². The van der Waals surface area contributed by atoms with E-state index in [9.17, 15) is 9.90 Å². The van der Waals surface area contributed by atoms with E-state index in [2.05, 4.69) is 0 Å². The van der Waals surface area contributed by atoms with Gasteiger partial charge in [0.05, 0.1) is 0 Å². The quantitative estimate of drug-likeness (QED) is 0.448. The van der Waals surface area contributed by atoms with Crippen molar-refractivity contribution < 1.29 is 14.3 Å². The fourth-order valence-corrected chi connectivity index (χ4v) is 2.65. The van der Waals surface area contributed by atoms with Crippen LogP contribution in [0.4, 0.5) is 0 Å². The monoisotopic (exact) mass is 315 g/mol. The molecule has 1 saturated heterocycles. The van der Waals surface area contributed by atoms with Crippen LogP contribution in [0.1, 0.15) is 23.4 Å². The minimum absolute atomic E-state index is 0.406. The molecular weight excluding hydrogens is 309 g/mol. The Morgan fingerprint density at radius 3 is 2.47 bits per heavy atom. The van der Waals surface area contributed by atoms with Gasteiger partial charge in [0.1, 0.15) is 13.1 Å². The molecule has 4 nitrogen and oxygen atoms in total. The summed E-state index contributed by atoms with van der Waals surface area (Å²) in [6, 6.07) is 0. The minimum atomic E-state index is -2.16. The number of alkyl halides is 3. The Morgan fingerprint density at radius 1 is 1.35 bits per heavy atom. The van der Waals surface area contributed by atoms with Crippen LogP contribution in [0.3, 0.4) is 0 Å². The summed E-state index contributed by atoms with van der Waals surface area (Å²) in [7, 11) is 0. The average molecular weight is 317 g/mol. The Balaban J connectivity index is 2.45. The lowest BCUT2D eigenvalue weighted by atomic mass is 10.3. The molecule has 1 aromatic rings. The van der Waals surface area contributed by atoms with E-state index in [4.69, 9.17) is 39.2 Å². The topological polar surface area (TPSA) is 56.3 Å². The van der Waals surface area contributed by atoms with Crippen molar-refractivity contribution in [1.82, 2.24) is 4.58 Å². The second kappa shape index (κ2) is 4.80. The smallest absolute Gasteiger partial charge is 0.429 e. The predicted molar refractivity (Wildman–Crippen MR) is 64.9 cm³/mol. The van der Waals surface area contributed by atoms with Crippen LogP contribution in [-0.4, -0.2) is 22.7 Å². The van der Waals surface area contributed by atoms with Gasteiger partial charge in [-0.25, -0.2) is 0 Å². The van der Waals surface area contributed by atoms with Gasteiger partial charge in [0.15, 0.2) is 5.76 Å².